The number of nitrogens with one attached hydrogen (secondary N) is 1. The Hall–Kier alpha value is -2.87. The predicted octanol–water partition coefficient (Wildman–Crippen LogP) is 1.42. The fourth-order valence-electron chi connectivity index (χ4n) is 5.16. The number of sulfonamides is 2. The molecule has 0 radical (unpaired) electrons. The summed E-state index contributed by atoms with van der Waals surface area (Å²) >= 11 is 0. The Labute approximate surface area is 230 Å². The van der Waals surface area contributed by atoms with Gasteiger partial charge in [-0.1, -0.05) is 30.3 Å². The van der Waals surface area contributed by atoms with Crippen LogP contribution in [-0.4, -0.2) is 96.1 Å². The minimum Gasteiger partial charge on any atom is -0.482 e. The number of aliphatic hydroxyl groups is 1. The number of amides is 1. The molecule has 1 fully saturated rings. The van der Waals surface area contributed by atoms with E-state index in [4.69, 9.17) is 4.74 Å². The van der Waals surface area contributed by atoms with E-state index in [1.165, 1.54) is 16.4 Å². The van der Waals surface area contributed by atoms with Crippen molar-refractivity contribution in [3.8, 4) is 5.75 Å². The second-order valence-corrected chi connectivity index (χ2v) is 13.8. The normalized spacial score (nSPS) is 18.9. The molecule has 214 valence electrons. The average Bonchev–Trinajstić information content (AvgIpc) is 3.29. The van der Waals surface area contributed by atoms with Crippen LogP contribution < -0.4 is 13.8 Å². The number of aliphatic hydroxyl groups excluding tert-OH is 1. The molecule has 0 spiro atoms. The van der Waals surface area contributed by atoms with Crippen molar-refractivity contribution in [3.63, 3.8) is 0 Å². The average molecular weight is 581 g/mol. The van der Waals surface area contributed by atoms with Crippen LogP contribution in [-0.2, 0) is 31.3 Å². The molecule has 39 heavy (non-hydrogen) atoms. The van der Waals surface area contributed by atoms with E-state index >= 15 is 0 Å². The molecular weight excluding hydrogens is 544 g/mol. The summed E-state index contributed by atoms with van der Waals surface area (Å²) in [4.78, 5) is 17.1. The lowest BCUT2D eigenvalue weighted by molar-refractivity contribution is -0.134. The summed E-state index contributed by atoms with van der Waals surface area (Å²) in [7, 11) is -5.59. The van der Waals surface area contributed by atoms with Crippen molar-refractivity contribution < 1.29 is 31.5 Å². The van der Waals surface area contributed by atoms with Gasteiger partial charge in [0.15, 0.2) is 6.61 Å². The third-order valence-corrected chi connectivity index (χ3v) is 8.81. The van der Waals surface area contributed by atoms with E-state index in [9.17, 15) is 26.7 Å². The highest BCUT2D eigenvalue weighted by Gasteiger charge is 2.32. The number of nitrogens with zero attached hydrogens (tertiary/aromatic N) is 3. The summed E-state index contributed by atoms with van der Waals surface area (Å²) in [5.41, 5.74) is 1.99. The molecule has 2 aromatic rings. The maximum absolute atomic E-state index is 13.4. The first-order valence-corrected chi connectivity index (χ1v) is 16.5. The van der Waals surface area contributed by atoms with Gasteiger partial charge in [-0.15, -0.1) is 0 Å². The molecule has 2 aromatic carbocycles. The van der Waals surface area contributed by atoms with E-state index < -0.39 is 20.0 Å². The Kier molecular flexibility index (Phi) is 8.74. The van der Waals surface area contributed by atoms with Crippen molar-refractivity contribution in [2.24, 2.45) is 0 Å². The Bertz CT molecular complexity index is 1400. The fraction of sp³-hybridized carbons (Fsp3) is 0.500. The number of anilines is 2. The second-order valence-electron chi connectivity index (χ2n) is 10.2. The molecule has 2 aliphatic rings. The zero-order chi connectivity index (χ0) is 28.4. The number of hydrogen-bond acceptors (Lipinski definition) is 8. The molecule has 0 aromatic heterocycles. The Morgan fingerprint density at radius 1 is 1.13 bits per heavy atom. The van der Waals surface area contributed by atoms with Gasteiger partial charge in [0.05, 0.1) is 36.0 Å². The lowest BCUT2D eigenvalue weighted by Gasteiger charge is -2.33. The third kappa shape index (κ3) is 7.21. The second kappa shape index (κ2) is 11.7. The zero-order valence-corrected chi connectivity index (χ0v) is 24.0. The summed E-state index contributed by atoms with van der Waals surface area (Å²) in [6.45, 7) is 1.71. The summed E-state index contributed by atoms with van der Waals surface area (Å²) in [6.07, 6.45) is 3.38. The first kappa shape index (κ1) is 29.1. The van der Waals surface area contributed by atoms with E-state index in [-0.39, 0.29) is 48.3 Å². The van der Waals surface area contributed by atoms with Gasteiger partial charge in [-0.25, -0.2) is 16.8 Å². The quantitative estimate of drug-likeness (QED) is 0.431. The summed E-state index contributed by atoms with van der Waals surface area (Å²) in [6, 6.07) is 12.4. The van der Waals surface area contributed by atoms with Crippen molar-refractivity contribution in [2.75, 3.05) is 61.4 Å². The highest BCUT2D eigenvalue weighted by atomic mass is 32.2. The number of likely N-dealkylation sites (tertiary alicyclic amines) is 1. The number of likely N-dealkylation sites (N-methyl/N-ethyl adjacent to an activating group) is 1. The highest BCUT2D eigenvalue weighted by Crippen LogP contribution is 2.42. The maximum Gasteiger partial charge on any atom is 0.260 e. The number of fused-ring (bicyclic) bond motifs is 1. The molecule has 0 unspecified atom stereocenters. The lowest BCUT2D eigenvalue weighted by Crippen LogP contribution is -2.41. The number of rotatable bonds is 10. The van der Waals surface area contributed by atoms with Crippen LogP contribution in [0.2, 0.25) is 0 Å². The molecular formula is C26H36N4O7S2. The standard InChI is InChI=1S/C26H36N4O7S2/c1-28(23(19-8-5-4-6-9-19)17-29-15-13-20(31)16-29)25(32)18-37-24-12-11-22(27-38(2,33)34)21-10-7-14-30(26(21)24)39(3,35)36/h4-6,8-9,11-12,20,23,27,31H,7,10,13-18H2,1-3H3/t20-,23+/m0/s1. The van der Waals surface area contributed by atoms with Crippen LogP contribution in [0.25, 0.3) is 0 Å². The smallest absolute Gasteiger partial charge is 0.260 e. The van der Waals surface area contributed by atoms with Gasteiger partial charge in [0.25, 0.3) is 5.91 Å². The van der Waals surface area contributed by atoms with Crippen molar-refractivity contribution in [3.05, 3.63) is 53.6 Å². The van der Waals surface area contributed by atoms with Crippen LogP contribution in [0.1, 0.15) is 30.0 Å². The van der Waals surface area contributed by atoms with Crippen LogP contribution in [0.4, 0.5) is 11.4 Å². The predicted molar refractivity (Wildman–Crippen MR) is 150 cm³/mol. The number of ether oxygens (including phenoxy) is 1. The van der Waals surface area contributed by atoms with Gasteiger partial charge in [-0.3, -0.25) is 18.7 Å². The van der Waals surface area contributed by atoms with Crippen LogP contribution >= 0.6 is 0 Å². The molecule has 13 heteroatoms. The molecule has 2 heterocycles. The molecule has 0 saturated carbocycles. The number of benzene rings is 2. The molecule has 11 nitrogen and oxygen atoms in total. The largest absolute Gasteiger partial charge is 0.482 e. The van der Waals surface area contributed by atoms with Gasteiger partial charge in [0, 0.05) is 38.8 Å². The number of β-amino-alcohol motifs (C(OH)–C–C–N with tert-alkyl or cyclic N) is 1. The minimum atomic E-state index is -3.69. The van der Waals surface area contributed by atoms with Gasteiger partial charge >= 0.3 is 0 Å². The van der Waals surface area contributed by atoms with E-state index in [0.717, 1.165) is 24.6 Å². The highest BCUT2D eigenvalue weighted by molar-refractivity contribution is 7.92. The Morgan fingerprint density at radius 2 is 1.85 bits per heavy atom. The molecule has 2 atom stereocenters. The SMILES string of the molecule is CN(C(=O)COc1ccc(NS(C)(=O)=O)c2c1N(S(C)(=O)=O)CCC2)[C@H](CN1CC[C@H](O)C1)c1ccccc1. The van der Waals surface area contributed by atoms with Crippen molar-refractivity contribution >= 4 is 37.3 Å². The maximum atomic E-state index is 13.4. The van der Waals surface area contributed by atoms with Gasteiger partial charge in [0.2, 0.25) is 20.0 Å². The molecule has 1 amide bonds. The summed E-state index contributed by atoms with van der Waals surface area (Å²) in [5, 5.41) is 9.97. The topological polar surface area (TPSA) is 137 Å². The monoisotopic (exact) mass is 580 g/mol. The van der Waals surface area contributed by atoms with Crippen molar-refractivity contribution in [2.45, 2.75) is 31.4 Å². The van der Waals surface area contributed by atoms with Crippen LogP contribution in [0.5, 0.6) is 5.75 Å². The molecule has 0 bridgehead atoms. The van der Waals surface area contributed by atoms with Gasteiger partial charge in [-0.05, 0) is 37.0 Å². The minimum absolute atomic E-state index is 0.190. The zero-order valence-electron chi connectivity index (χ0n) is 22.4. The van der Waals surface area contributed by atoms with Crippen LogP contribution in [0.3, 0.4) is 0 Å². The molecule has 4 rings (SSSR count). The first-order valence-electron chi connectivity index (χ1n) is 12.8. The number of carbonyl (C=O) groups is 1. The van der Waals surface area contributed by atoms with Crippen molar-refractivity contribution in [1.82, 2.24) is 9.80 Å². The first-order chi connectivity index (χ1) is 18.3. The van der Waals surface area contributed by atoms with E-state index in [0.29, 0.717) is 37.9 Å². The van der Waals surface area contributed by atoms with E-state index in [2.05, 4.69) is 9.62 Å². The Balaban J connectivity index is 1.59. The van der Waals surface area contributed by atoms with Crippen LogP contribution in [0.15, 0.2) is 42.5 Å². The van der Waals surface area contributed by atoms with Crippen molar-refractivity contribution in [1.29, 1.82) is 0 Å². The molecule has 2 aliphatic heterocycles. The number of hydrogen-bond donors (Lipinski definition) is 2. The molecule has 1 saturated heterocycles. The van der Waals surface area contributed by atoms with Crippen LogP contribution in [0, 0.1) is 0 Å². The number of carbonyl (C=O) groups excluding carboxylic acids is 1. The van der Waals surface area contributed by atoms with E-state index in [1.54, 1.807) is 11.9 Å². The Morgan fingerprint density at radius 3 is 2.46 bits per heavy atom. The molecule has 0 aliphatic carbocycles. The van der Waals surface area contributed by atoms with Gasteiger partial charge in [-0.2, -0.15) is 0 Å². The lowest BCUT2D eigenvalue weighted by atomic mass is 10.0. The molecule has 2 N–H and O–H groups in total. The van der Waals surface area contributed by atoms with Gasteiger partial charge in [0.1, 0.15) is 5.75 Å². The third-order valence-electron chi connectivity index (χ3n) is 7.05. The van der Waals surface area contributed by atoms with E-state index in [1.807, 2.05) is 30.3 Å². The summed E-state index contributed by atoms with van der Waals surface area (Å²) in [5.74, 6) is -0.118. The summed E-state index contributed by atoms with van der Waals surface area (Å²) < 4.78 is 58.7. The fourth-order valence-corrected chi connectivity index (χ4v) is 6.74. The van der Waals surface area contributed by atoms with Gasteiger partial charge < -0.3 is 14.7 Å².